The number of para-hydroxylation sites is 1. The number of nitrogens with one attached hydrogen (secondary N) is 3. The number of imide groups is 1. The molecule has 6 heterocycles. The number of likely N-dealkylation sites (tertiary alicyclic amines) is 1. The summed E-state index contributed by atoms with van der Waals surface area (Å²) in [6, 6.07) is 28.1. The van der Waals surface area contributed by atoms with Crippen LogP contribution in [0.1, 0.15) is 87.7 Å². The number of benzene rings is 4. The molecule has 2 fully saturated rings. The zero-order valence-electron chi connectivity index (χ0n) is 39.4. The first-order valence-corrected chi connectivity index (χ1v) is 24.6. The second kappa shape index (κ2) is 19.7. The summed E-state index contributed by atoms with van der Waals surface area (Å²) in [5.74, 6) is -1.57. The van der Waals surface area contributed by atoms with Gasteiger partial charge in [-0.05, 0) is 128 Å². The predicted molar refractivity (Wildman–Crippen MR) is 270 cm³/mol. The maximum absolute atomic E-state index is 13.6. The number of aromatic carboxylic acids is 1. The van der Waals surface area contributed by atoms with E-state index in [-0.39, 0.29) is 42.3 Å². The Bertz CT molecular complexity index is 3220. The number of aromatic nitrogens is 4. The Morgan fingerprint density at radius 3 is 2.52 bits per heavy atom. The van der Waals surface area contributed by atoms with Crippen molar-refractivity contribution >= 4 is 78.7 Å². The summed E-state index contributed by atoms with van der Waals surface area (Å²) in [6.45, 7) is 4.58. The van der Waals surface area contributed by atoms with Crippen molar-refractivity contribution in [3.05, 3.63) is 125 Å². The lowest BCUT2D eigenvalue weighted by molar-refractivity contribution is -0.134. The molecule has 10 rings (SSSR count). The maximum atomic E-state index is 13.6. The van der Waals surface area contributed by atoms with Gasteiger partial charge in [-0.3, -0.25) is 39.4 Å². The summed E-state index contributed by atoms with van der Waals surface area (Å²) < 4.78 is 8.78. The van der Waals surface area contributed by atoms with Gasteiger partial charge < -0.3 is 25.2 Å². The predicted octanol–water partition coefficient (Wildman–Crippen LogP) is 7.21. The van der Waals surface area contributed by atoms with Crippen molar-refractivity contribution in [2.75, 3.05) is 48.3 Å². The van der Waals surface area contributed by atoms with Crippen LogP contribution in [0.4, 0.5) is 16.6 Å². The van der Waals surface area contributed by atoms with E-state index >= 15 is 0 Å². The summed E-state index contributed by atoms with van der Waals surface area (Å²) in [5.41, 5.74) is 6.35. The third kappa shape index (κ3) is 10.1. The van der Waals surface area contributed by atoms with E-state index in [4.69, 9.17) is 4.74 Å². The van der Waals surface area contributed by atoms with Gasteiger partial charge in [0.25, 0.3) is 5.91 Å². The maximum Gasteiger partial charge on any atom is 0.355 e. The molecular formula is C53H53N9O8S. The van der Waals surface area contributed by atoms with Gasteiger partial charge in [0.05, 0.1) is 46.1 Å². The topological polar surface area (TPSA) is 221 Å². The molecule has 71 heavy (non-hydrogen) atoms. The molecule has 0 saturated carbocycles. The average molecular weight is 976 g/mol. The summed E-state index contributed by atoms with van der Waals surface area (Å²) in [4.78, 5) is 76.9. The number of hydrogen-bond acceptors (Lipinski definition) is 13. The average Bonchev–Trinajstić information content (AvgIpc) is 3.92. The van der Waals surface area contributed by atoms with Crippen molar-refractivity contribution in [1.82, 2.24) is 30.0 Å². The minimum absolute atomic E-state index is 0.0713. The van der Waals surface area contributed by atoms with Crippen molar-refractivity contribution < 1.29 is 38.9 Å². The number of carbonyl (C=O) groups is 5. The quantitative estimate of drug-likeness (QED) is 0.0538. The van der Waals surface area contributed by atoms with Gasteiger partial charge in [-0.2, -0.15) is 5.10 Å². The van der Waals surface area contributed by atoms with Crippen molar-refractivity contribution in [3.63, 3.8) is 0 Å². The SMILES string of the molecule is Cc1cc(OCCCC2(O)CCN(CC(=O)Nc3ccc4c(C5CCC(=O)NC5=O)nn(C)c4c3)CC2)ccc1-c1ccc(N2CCc3cccc(C(=O)Nc4nc5ccccc5s4)c3C2)nc1C(=O)O. The number of hydrogen-bond donors (Lipinski definition) is 5. The molecule has 0 radical (unpaired) electrons. The molecule has 18 heteroatoms. The summed E-state index contributed by atoms with van der Waals surface area (Å²) in [6.07, 6.45) is 3.52. The Kier molecular flexibility index (Phi) is 13.1. The van der Waals surface area contributed by atoms with Gasteiger partial charge in [0.1, 0.15) is 11.6 Å². The highest BCUT2D eigenvalue weighted by atomic mass is 32.1. The Labute approximate surface area is 412 Å². The van der Waals surface area contributed by atoms with Gasteiger partial charge in [0.15, 0.2) is 10.8 Å². The number of aryl methyl sites for hydroxylation is 2. The molecule has 17 nitrogen and oxygen atoms in total. The number of nitrogens with zero attached hydrogens (tertiary/aromatic N) is 6. The van der Waals surface area contributed by atoms with Crippen LogP contribution < -0.4 is 25.6 Å². The van der Waals surface area contributed by atoms with E-state index < -0.39 is 17.5 Å². The van der Waals surface area contributed by atoms with E-state index in [1.165, 1.54) is 11.3 Å². The van der Waals surface area contributed by atoms with Crippen LogP contribution >= 0.6 is 11.3 Å². The lowest BCUT2D eigenvalue weighted by Gasteiger charge is -2.38. The van der Waals surface area contributed by atoms with E-state index in [1.54, 1.807) is 29.9 Å². The smallest absolute Gasteiger partial charge is 0.355 e. The molecule has 4 aromatic carbocycles. The number of carbonyl (C=O) groups excluding carboxylic acids is 4. The minimum Gasteiger partial charge on any atom is -0.494 e. The van der Waals surface area contributed by atoms with Crippen LogP contribution in [-0.2, 0) is 34.4 Å². The number of anilines is 3. The third-order valence-corrected chi connectivity index (χ3v) is 14.8. The highest BCUT2D eigenvalue weighted by Crippen LogP contribution is 2.35. The number of pyridine rings is 1. The molecule has 2 saturated heterocycles. The molecule has 3 aromatic heterocycles. The first-order chi connectivity index (χ1) is 34.3. The van der Waals surface area contributed by atoms with Gasteiger partial charge in [-0.25, -0.2) is 14.8 Å². The molecule has 4 amide bonds. The van der Waals surface area contributed by atoms with Crippen LogP contribution in [0.3, 0.4) is 0 Å². The largest absolute Gasteiger partial charge is 0.494 e. The number of piperidine rings is 2. The fourth-order valence-electron chi connectivity index (χ4n) is 10.1. The molecule has 3 aliphatic rings. The van der Waals surface area contributed by atoms with Crippen LogP contribution in [0.5, 0.6) is 5.75 Å². The summed E-state index contributed by atoms with van der Waals surface area (Å²) in [5, 5.41) is 36.1. The normalized spacial score (nSPS) is 16.9. The number of rotatable bonds is 14. The molecule has 3 aliphatic heterocycles. The van der Waals surface area contributed by atoms with E-state index in [2.05, 4.69) is 31.0 Å². The molecule has 1 unspecified atom stereocenters. The van der Waals surface area contributed by atoms with Crippen LogP contribution in [0, 0.1) is 6.92 Å². The molecule has 1 atom stereocenters. The van der Waals surface area contributed by atoms with Crippen LogP contribution in [-0.4, -0.2) is 103 Å². The number of fused-ring (bicyclic) bond motifs is 3. The van der Waals surface area contributed by atoms with Gasteiger partial charge in [-0.15, -0.1) is 0 Å². The lowest BCUT2D eigenvalue weighted by Crippen LogP contribution is -2.46. The Hall–Kier alpha value is -7.54. The lowest BCUT2D eigenvalue weighted by atomic mass is 9.87. The standard InChI is InChI=1S/C53H53N9O8S/c1-31-27-34(70-26-6-20-53(69)21-24-61(25-22-53)30-46(64)54-33-11-13-38-42(28-33)60(2)59-47(38)39-16-18-45(63)57-50(39)66)12-14-35(31)36-15-17-44(56-48(36)51(67)68)62-23-19-32-7-5-8-37(40(32)29-62)49(65)58-52-55-41-9-3-4-10-43(41)71-52/h3-5,7-15,17,27-28,39,69H,6,16,18-26,29-30H2,1-2H3,(H,54,64)(H,67,68)(H,55,58,65)(H,57,63,66). The van der Waals surface area contributed by atoms with Crippen molar-refractivity contribution in [1.29, 1.82) is 0 Å². The van der Waals surface area contributed by atoms with E-state index in [0.717, 1.165) is 43.4 Å². The number of thiazole rings is 1. The van der Waals surface area contributed by atoms with Gasteiger partial charge >= 0.3 is 5.97 Å². The zero-order valence-corrected chi connectivity index (χ0v) is 40.2. The fourth-order valence-corrected chi connectivity index (χ4v) is 10.9. The second-order valence-electron chi connectivity index (χ2n) is 18.6. The van der Waals surface area contributed by atoms with Gasteiger partial charge in [0, 0.05) is 61.8 Å². The van der Waals surface area contributed by atoms with E-state index in [1.807, 2.05) is 89.5 Å². The Balaban J connectivity index is 0.702. The molecule has 364 valence electrons. The minimum atomic E-state index is -1.15. The number of ether oxygens (including phenoxy) is 1. The number of aliphatic hydroxyl groups is 1. The summed E-state index contributed by atoms with van der Waals surface area (Å²) >= 11 is 1.42. The Morgan fingerprint density at radius 1 is 0.915 bits per heavy atom. The molecule has 0 spiro atoms. The highest BCUT2D eigenvalue weighted by Gasteiger charge is 2.34. The summed E-state index contributed by atoms with van der Waals surface area (Å²) in [7, 11) is 1.78. The van der Waals surface area contributed by atoms with Crippen molar-refractivity contribution in [2.45, 2.75) is 69.9 Å². The van der Waals surface area contributed by atoms with Crippen molar-refractivity contribution in [3.8, 4) is 16.9 Å². The highest BCUT2D eigenvalue weighted by molar-refractivity contribution is 7.22. The van der Waals surface area contributed by atoms with E-state index in [9.17, 15) is 34.2 Å². The van der Waals surface area contributed by atoms with Crippen molar-refractivity contribution in [2.24, 2.45) is 7.05 Å². The Morgan fingerprint density at radius 2 is 1.73 bits per heavy atom. The third-order valence-electron chi connectivity index (χ3n) is 13.9. The molecule has 0 bridgehead atoms. The van der Waals surface area contributed by atoms with Crippen LogP contribution in [0.25, 0.3) is 32.2 Å². The number of carboxylic acids is 1. The van der Waals surface area contributed by atoms with Crippen LogP contribution in [0.2, 0.25) is 0 Å². The van der Waals surface area contributed by atoms with Crippen LogP contribution in [0.15, 0.2) is 91.0 Å². The monoisotopic (exact) mass is 975 g/mol. The van der Waals surface area contributed by atoms with Gasteiger partial charge in [-0.1, -0.05) is 41.7 Å². The molecule has 7 aromatic rings. The number of amides is 4. The first kappa shape index (κ1) is 47.2. The fraction of sp³-hybridized carbons (Fsp3) is 0.321. The first-order valence-electron chi connectivity index (χ1n) is 23.8. The molecule has 0 aliphatic carbocycles. The van der Waals surface area contributed by atoms with E-state index in [0.29, 0.717) is 111 Å². The number of carboxylic acid groups (broad SMARTS) is 1. The molecular weight excluding hydrogens is 923 g/mol. The molecule has 5 N–H and O–H groups in total. The van der Waals surface area contributed by atoms with Gasteiger partial charge in [0.2, 0.25) is 17.7 Å². The second-order valence-corrected chi connectivity index (χ2v) is 19.7. The zero-order chi connectivity index (χ0) is 49.4.